The minimum absolute atomic E-state index is 0.0314. The van der Waals surface area contributed by atoms with Gasteiger partial charge in [-0.2, -0.15) is 0 Å². The molecule has 2 rings (SSSR count). The standard InChI is InChI=1S/C11H11ClFN3O/c1-6(14-2)10-15-16-11(17-10)7-4-3-5-8(12)9(7)13/h3-6,14H,1-2H3. The van der Waals surface area contributed by atoms with Crippen LogP contribution in [0.5, 0.6) is 0 Å². The van der Waals surface area contributed by atoms with E-state index in [-0.39, 0.29) is 22.5 Å². The van der Waals surface area contributed by atoms with Gasteiger partial charge in [0.2, 0.25) is 5.89 Å². The van der Waals surface area contributed by atoms with Crippen molar-refractivity contribution in [2.24, 2.45) is 0 Å². The molecular formula is C11H11ClFN3O. The Labute approximate surface area is 103 Å². The first-order chi connectivity index (χ1) is 8.13. The van der Waals surface area contributed by atoms with E-state index in [1.165, 1.54) is 6.07 Å². The van der Waals surface area contributed by atoms with Crippen LogP contribution in [0, 0.1) is 5.82 Å². The van der Waals surface area contributed by atoms with E-state index in [9.17, 15) is 4.39 Å². The van der Waals surface area contributed by atoms with Crippen molar-refractivity contribution >= 4 is 11.6 Å². The number of hydrogen-bond donors (Lipinski definition) is 1. The predicted molar refractivity (Wildman–Crippen MR) is 62.2 cm³/mol. The summed E-state index contributed by atoms with van der Waals surface area (Å²) in [5, 5.41) is 10.6. The van der Waals surface area contributed by atoms with Gasteiger partial charge in [0.25, 0.3) is 5.89 Å². The van der Waals surface area contributed by atoms with Gasteiger partial charge in [-0.25, -0.2) is 4.39 Å². The third-order valence-corrected chi connectivity index (χ3v) is 2.72. The molecule has 2 aromatic rings. The van der Waals surface area contributed by atoms with Crippen LogP contribution in [0.1, 0.15) is 18.9 Å². The Morgan fingerprint density at radius 2 is 2.18 bits per heavy atom. The third-order valence-electron chi connectivity index (χ3n) is 2.43. The van der Waals surface area contributed by atoms with Crippen LogP contribution in [0.25, 0.3) is 11.5 Å². The van der Waals surface area contributed by atoms with Crippen molar-refractivity contribution in [2.45, 2.75) is 13.0 Å². The van der Waals surface area contributed by atoms with E-state index in [0.717, 1.165) is 0 Å². The molecule has 1 atom stereocenters. The first-order valence-corrected chi connectivity index (χ1v) is 5.46. The quantitative estimate of drug-likeness (QED) is 0.916. The highest BCUT2D eigenvalue weighted by Gasteiger charge is 2.17. The molecule has 1 aromatic heterocycles. The maximum absolute atomic E-state index is 13.7. The van der Waals surface area contributed by atoms with Crippen LogP contribution in [0.15, 0.2) is 22.6 Å². The van der Waals surface area contributed by atoms with E-state index in [1.807, 2.05) is 6.92 Å². The highest BCUT2D eigenvalue weighted by molar-refractivity contribution is 6.31. The van der Waals surface area contributed by atoms with Crippen LogP contribution in [0.3, 0.4) is 0 Å². The molecule has 1 heterocycles. The molecule has 0 saturated heterocycles. The maximum atomic E-state index is 13.7. The third kappa shape index (κ3) is 2.30. The second-order valence-corrected chi connectivity index (χ2v) is 3.96. The van der Waals surface area contributed by atoms with E-state index in [1.54, 1.807) is 19.2 Å². The molecule has 0 aliphatic heterocycles. The Hall–Kier alpha value is -1.46. The van der Waals surface area contributed by atoms with E-state index in [4.69, 9.17) is 16.0 Å². The number of nitrogens with zero attached hydrogens (tertiary/aromatic N) is 2. The molecule has 90 valence electrons. The van der Waals surface area contributed by atoms with Crippen molar-refractivity contribution in [3.8, 4) is 11.5 Å². The molecule has 1 N–H and O–H groups in total. The Morgan fingerprint density at radius 3 is 2.88 bits per heavy atom. The van der Waals surface area contributed by atoms with Crippen molar-refractivity contribution in [2.75, 3.05) is 7.05 Å². The molecule has 4 nitrogen and oxygen atoms in total. The number of hydrogen-bond acceptors (Lipinski definition) is 4. The predicted octanol–water partition coefficient (Wildman–Crippen LogP) is 2.81. The second-order valence-electron chi connectivity index (χ2n) is 3.56. The number of rotatable bonds is 3. The molecule has 0 radical (unpaired) electrons. The van der Waals surface area contributed by atoms with Crippen LogP contribution in [0.2, 0.25) is 5.02 Å². The van der Waals surface area contributed by atoms with Gasteiger partial charge in [-0.05, 0) is 26.1 Å². The van der Waals surface area contributed by atoms with Gasteiger partial charge in [-0.1, -0.05) is 17.7 Å². The van der Waals surface area contributed by atoms with E-state index >= 15 is 0 Å². The molecule has 6 heteroatoms. The van der Waals surface area contributed by atoms with Crippen LogP contribution in [0.4, 0.5) is 4.39 Å². The van der Waals surface area contributed by atoms with Crippen molar-refractivity contribution in [3.63, 3.8) is 0 Å². The van der Waals surface area contributed by atoms with Gasteiger partial charge in [0.05, 0.1) is 16.6 Å². The van der Waals surface area contributed by atoms with Crippen molar-refractivity contribution < 1.29 is 8.81 Å². The second kappa shape index (κ2) is 4.81. The molecule has 1 aromatic carbocycles. The van der Waals surface area contributed by atoms with E-state index in [2.05, 4.69) is 15.5 Å². The molecule has 0 amide bonds. The summed E-state index contributed by atoms with van der Waals surface area (Å²) in [6.45, 7) is 1.87. The Kier molecular flexibility index (Phi) is 3.40. The maximum Gasteiger partial charge on any atom is 0.250 e. The zero-order valence-electron chi connectivity index (χ0n) is 9.37. The summed E-state index contributed by atoms with van der Waals surface area (Å²) in [4.78, 5) is 0. The minimum atomic E-state index is -0.554. The molecule has 0 aliphatic carbocycles. The summed E-state index contributed by atoms with van der Waals surface area (Å²) in [5.41, 5.74) is 0.208. The van der Waals surface area contributed by atoms with Crippen molar-refractivity contribution in [1.29, 1.82) is 0 Å². The van der Waals surface area contributed by atoms with Crippen LogP contribution in [-0.4, -0.2) is 17.2 Å². The largest absolute Gasteiger partial charge is 0.419 e. The molecule has 0 spiro atoms. The summed E-state index contributed by atoms with van der Waals surface area (Å²) < 4.78 is 19.1. The number of benzene rings is 1. The average molecular weight is 256 g/mol. The van der Waals surface area contributed by atoms with Gasteiger partial charge >= 0.3 is 0 Å². The Balaban J connectivity index is 2.40. The van der Waals surface area contributed by atoms with Gasteiger partial charge in [-0.3, -0.25) is 0 Å². The molecular weight excluding hydrogens is 245 g/mol. The summed E-state index contributed by atoms with van der Waals surface area (Å²) in [5.74, 6) is -0.0227. The monoisotopic (exact) mass is 255 g/mol. The lowest BCUT2D eigenvalue weighted by Gasteiger charge is -2.02. The van der Waals surface area contributed by atoms with Gasteiger partial charge in [0, 0.05) is 0 Å². The average Bonchev–Trinajstić information content (AvgIpc) is 2.81. The SMILES string of the molecule is CNC(C)c1nnc(-c2cccc(Cl)c2F)o1. The highest BCUT2D eigenvalue weighted by atomic mass is 35.5. The molecule has 0 fully saturated rings. The number of halogens is 2. The lowest BCUT2D eigenvalue weighted by molar-refractivity contribution is 0.439. The van der Waals surface area contributed by atoms with Gasteiger partial charge in [-0.15, -0.1) is 10.2 Å². The first-order valence-electron chi connectivity index (χ1n) is 5.08. The number of nitrogens with one attached hydrogen (secondary N) is 1. The molecule has 0 saturated carbocycles. The normalized spacial score (nSPS) is 12.7. The molecule has 17 heavy (non-hydrogen) atoms. The lowest BCUT2D eigenvalue weighted by atomic mass is 10.2. The fourth-order valence-electron chi connectivity index (χ4n) is 1.31. The van der Waals surface area contributed by atoms with Crippen LogP contribution in [-0.2, 0) is 0 Å². The van der Waals surface area contributed by atoms with Gasteiger partial charge in [0.15, 0.2) is 5.82 Å². The molecule has 1 unspecified atom stereocenters. The zero-order chi connectivity index (χ0) is 12.4. The molecule has 0 bridgehead atoms. The zero-order valence-corrected chi connectivity index (χ0v) is 10.1. The minimum Gasteiger partial charge on any atom is -0.419 e. The summed E-state index contributed by atoms with van der Waals surface area (Å²) in [6, 6.07) is 4.56. The summed E-state index contributed by atoms with van der Waals surface area (Å²) in [6.07, 6.45) is 0. The summed E-state index contributed by atoms with van der Waals surface area (Å²) in [7, 11) is 1.77. The smallest absolute Gasteiger partial charge is 0.250 e. The Bertz CT molecular complexity index is 529. The lowest BCUT2D eigenvalue weighted by Crippen LogP contribution is -2.12. The fourth-order valence-corrected chi connectivity index (χ4v) is 1.49. The first kappa shape index (κ1) is 12.0. The van der Waals surface area contributed by atoms with Crippen molar-refractivity contribution in [3.05, 3.63) is 34.9 Å². The number of aromatic nitrogens is 2. The molecule has 0 aliphatic rings. The fraction of sp³-hybridized carbons (Fsp3) is 0.273. The van der Waals surface area contributed by atoms with Crippen LogP contribution < -0.4 is 5.32 Å². The topological polar surface area (TPSA) is 51.0 Å². The van der Waals surface area contributed by atoms with E-state index in [0.29, 0.717) is 5.89 Å². The van der Waals surface area contributed by atoms with Gasteiger partial charge < -0.3 is 9.73 Å². The van der Waals surface area contributed by atoms with E-state index < -0.39 is 5.82 Å². The highest BCUT2D eigenvalue weighted by Crippen LogP contribution is 2.27. The van der Waals surface area contributed by atoms with Crippen LogP contribution >= 0.6 is 11.6 Å². The van der Waals surface area contributed by atoms with Gasteiger partial charge in [0.1, 0.15) is 0 Å². The Morgan fingerprint density at radius 1 is 1.41 bits per heavy atom. The van der Waals surface area contributed by atoms with Crippen molar-refractivity contribution in [1.82, 2.24) is 15.5 Å². The summed E-state index contributed by atoms with van der Waals surface area (Å²) >= 11 is 5.68.